The van der Waals surface area contributed by atoms with E-state index in [2.05, 4.69) is 4.74 Å². The molecule has 0 bridgehead atoms. The van der Waals surface area contributed by atoms with E-state index in [9.17, 15) is 13.6 Å². The van der Waals surface area contributed by atoms with Crippen LogP contribution in [-0.4, -0.2) is 18.3 Å². The smallest absolute Gasteiger partial charge is 0.387 e. The number of halogens is 3. The lowest BCUT2D eigenvalue weighted by atomic mass is 10.0. The van der Waals surface area contributed by atoms with Crippen molar-refractivity contribution >= 4 is 11.6 Å². The van der Waals surface area contributed by atoms with Gasteiger partial charge in [0.2, 0.25) is 0 Å². The van der Waals surface area contributed by atoms with Crippen molar-refractivity contribution in [1.29, 1.82) is 0 Å². The Morgan fingerprint density at radius 3 is 2.35 bits per heavy atom. The summed E-state index contributed by atoms with van der Waals surface area (Å²) in [6.45, 7) is 0.716. The molecule has 0 saturated heterocycles. The van der Waals surface area contributed by atoms with Crippen molar-refractivity contribution in [3.63, 3.8) is 0 Å². The van der Waals surface area contributed by atoms with E-state index in [0.29, 0.717) is 16.3 Å². The maximum atomic E-state index is 12.6. The van der Waals surface area contributed by atoms with E-state index in [0.717, 1.165) is 0 Å². The van der Waals surface area contributed by atoms with Gasteiger partial charge in [0.25, 0.3) is 5.56 Å². The molecule has 0 saturated carbocycles. The summed E-state index contributed by atoms with van der Waals surface area (Å²) in [5.74, 6) is 0.282. The highest BCUT2D eigenvalue weighted by atomic mass is 35.5. The molecule has 23 heavy (non-hydrogen) atoms. The second-order valence-electron chi connectivity index (χ2n) is 5.11. The molecule has 1 aromatic heterocycles. The summed E-state index contributed by atoms with van der Waals surface area (Å²) in [7, 11) is 1.44. The Morgan fingerprint density at radius 2 is 1.78 bits per heavy atom. The molecule has 0 aliphatic carbocycles. The van der Waals surface area contributed by atoms with E-state index in [-0.39, 0.29) is 22.9 Å². The molecule has 0 aliphatic heterocycles. The molecule has 4 nitrogen and oxygen atoms in total. The molecule has 0 fully saturated rings. The van der Waals surface area contributed by atoms with E-state index >= 15 is 0 Å². The topological polar surface area (TPSA) is 40.5 Å². The second-order valence-corrected chi connectivity index (χ2v) is 5.55. The third-order valence-corrected chi connectivity index (χ3v) is 3.50. The minimum absolute atomic E-state index is 0.0680. The van der Waals surface area contributed by atoms with Crippen LogP contribution in [0.4, 0.5) is 8.78 Å². The minimum atomic E-state index is -2.99. The lowest BCUT2D eigenvalue weighted by Crippen LogP contribution is -2.21. The maximum absolute atomic E-state index is 12.6. The van der Waals surface area contributed by atoms with Crippen molar-refractivity contribution < 1.29 is 18.3 Å². The van der Waals surface area contributed by atoms with Crippen molar-refractivity contribution in [3.8, 4) is 22.6 Å². The molecule has 0 N–H and O–H groups in total. The summed E-state index contributed by atoms with van der Waals surface area (Å²) in [5.41, 5.74) is 0.328. The average molecular weight is 344 g/mol. The van der Waals surface area contributed by atoms with Crippen LogP contribution in [0.25, 0.3) is 11.1 Å². The Balaban J connectivity index is 2.68. The van der Waals surface area contributed by atoms with Gasteiger partial charge < -0.3 is 14.0 Å². The predicted octanol–water partition coefficient (Wildman–Crippen LogP) is 4.36. The van der Waals surface area contributed by atoms with Crippen LogP contribution in [0, 0.1) is 0 Å². The number of aromatic nitrogens is 1. The molecular formula is C16H16ClF2NO3. The molecule has 1 heterocycles. The number of benzene rings is 1. The first kappa shape index (κ1) is 17.3. The number of pyridine rings is 1. The summed E-state index contributed by atoms with van der Waals surface area (Å²) < 4.78 is 36.5. The summed E-state index contributed by atoms with van der Waals surface area (Å²) in [6, 6.07) is 5.47. The number of hydrogen-bond donors (Lipinski definition) is 0. The molecule has 124 valence electrons. The fourth-order valence-corrected chi connectivity index (χ4v) is 2.39. The van der Waals surface area contributed by atoms with Crippen molar-refractivity contribution in [2.75, 3.05) is 7.11 Å². The third-order valence-electron chi connectivity index (χ3n) is 3.27. The number of ether oxygens (including phenoxy) is 2. The fourth-order valence-electron chi connectivity index (χ4n) is 2.22. The standard InChI is InChI=1S/C16H16ClF2NO3/c1-9(2)20-8-14(22-3)12(7-15(20)21)11-6-10(17)4-5-13(11)23-16(18)19/h4-9,16H,1-3H3. The molecular weight excluding hydrogens is 328 g/mol. The minimum Gasteiger partial charge on any atom is -0.495 e. The van der Waals surface area contributed by atoms with Gasteiger partial charge in [0.1, 0.15) is 11.5 Å². The number of alkyl halides is 2. The highest BCUT2D eigenvalue weighted by Gasteiger charge is 2.17. The summed E-state index contributed by atoms with van der Waals surface area (Å²) in [5, 5.41) is 0.330. The molecule has 1 aromatic carbocycles. The molecule has 0 spiro atoms. The highest BCUT2D eigenvalue weighted by Crippen LogP contribution is 2.38. The third kappa shape index (κ3) is 3.82. The van der Waals surface area contributed by atoms with Gasteiger partial charge in [-0.05, 0) is 32.0 Å². The Labute approximate surface area is 137 Å². The Bertz CT molecular complexity index is 759. The van der Waals surface area contributed by atoms with Gasteiger partial charge in [0.15, 0.2) is 0 Å². The summed E-state index contributed by atoms with van der Waals surface area (Å²) in [6.07, 6.45) is 1.54. The number of rotatable bonds is 5. The first-order valence-electron chi connectivity index (χ1n) is 6.88. The first-order chi connectivity index (χ1) is 10.8. The Hall–Kier alpha value is -2.08. The fraction of sp³-hybridized carbons (Fsp3) is 0.312. The monoisotopic (exact) mass is 343 g/mol. The quantitative estimate of drug-likeness (QED) is 0.810. The van der Waals surface area contributed by atoms with Gasteiger partial charge in [0, 0.05) is 28.3 Å². The van der Waals surface area contributed by atoms with Crippen molar-refractivity contribution in [3.05, 3.63) is 45.8 Å². The highest BCUT2D eigenvalue weighted by molar-refractivity contribution is 6.31. The zero-order valence-corrected chi connectivity index (χ0v) is 13.6. The number of methoxy groups -OCH3 is 1. The molecule has 2 rings (SSSR count). The summed E-state index contributed by atoms with van der Waals surface area (Å²) in [4.78, 5) is 12.2. The first-order valence-corrected chi connectivity index (χ1v) is 7.26. The van der Waals surface area contributed by atoms with E-state index in [1.165, 1.54) is 42.1 Å². The van der Waals surface area contributed by atoms with E-state index in [1.807, 2.05) is 13.8 Å². The van der Waals surface area contributed by atoms with Crippen LogP contribution < -0.4 is 15.0 Å². The van der Waals surface area contributed by atoms with Crippen LogP contribution in [0.1, 0.15) is 19.9 Å². The van der Waals surface area contributed by atoms with Crippen LogP contribution in [0.3, 0.4) is 0 Å². The van der Waals surface area contributed by atoms with Crippen molar-refractivity contribution in [2.24, 2.45) is 0 Å². The van der Waals surface area contributed by atoms with Gasteiger partial charge in [-0.2, -0.15) is 8.78 Å². The molecule has 7 heteroatoms. The van der Waals surface area contributed by atoms with Gasteiger partial charge >= 0.3 is 6.61 Å². The second kappa shape index (κ2) is 7.00. The van der Waals surface area contributed by atoms with Gasteiger partial charge in [0.05, 0.1) is 13.3 Å². The zero-order chi connectivity index (χ0) is 17.1. The molecule has 0 aliphatic rings. The zero-order valence-electron chi connectivity index (χ0n) is 12.8. The largest absolute Gasteiger partial charge is 0.495 e. The van der Waals surface area contributed by atoms with Crippen molar-refractivity contribution in [2.45, 2.75) is 26.5 Å². The molecule has 0 unspecified atom stereocenters. The van der Waals surface area contributed by atoms with Crippen LogP contribution >= 0.6 is 11.6 Å². The SMILES string of the molecule is COc1cn(C(C)C)c(=O)cc1-c1cc(Cl)ccc1OC(F)F. The van der Waals surface area contributed by atoms with E-state index < -0.39 is 6.61 Å². The van der Waals surface area contributed by atoms with Crippen LogP contribution in [-0.2, 0) is 0 Å². The molecule has 0 radical (unpaired) electrons. The van der Waals surface area contributed by atoms with E-state index in [1.54, 1.807) is 0 Å². The predicted molar refractivity (Wildman–Crippen MR) is 84.7 cm³/mol. The van der Waals surface area contributed by atoms with Crippen LogP contribution in [0.15, 0.2) is 35.3 Å². The molecule has 2 aromatic rings. The van der Waals surface area contributed by atoms with Crippen molar-refractivity contribution in [1.82, 2.24) is 4.57 Å². The normalized spacial score (nSPS) is 11.1. The summed E-state index contributed by atoms with van der Waals surface area (Å²) >= 11 is 5.95. The number of hydrogen-bond acceptors (Lipinski definition) is 3. The van der Waals surface area contributed by atoms with Gasteiger partial charge in [-0.15, -0.1) is 0 Å². The number of nitrogens with zero attached hydrogens (tertiary/aromatic N) is 1. The van der Waals surface area contributed by atoms with Gasteiger partial charge in [-0.1, -0.05) is 11.6 Å². The van der Waals surface area contributed by atoms with Gasteiger partial charge in [-0.3, -0.25) is 4.79 Å². The Kier molecular flexibility index (Phi) is 5.26. The maximum Gasteiger partial charge on any atom is 0.387 e. The van der Waals surface area contributed by atoms with Crippen LogP contribution in [0.2, 0.25) is 5.02 Å². The molecule has 0 atom stereocenters. The van der Waals surface area contributed by atoms with Crippen LogP contribution in [0.5, 0.6) is 11.5 Å². The average Bonchev–Trinajstić information content (AvgIpc) is 2.48. The van der Waals surface area contributed by atoms with Gasteiger partial charge in [-0.25, -0.2) is 0 Å². The lowest BCUT2D eigenvalue weighted by Gasteiger charge is -2.17. The lowest BCUT2D eigenvalue weighted by molar-refractivity contribution is -0.0494. The molecule has 0 amide bonds. The van der Waals surface area contributed by atoms with E-state index in [4.69, 9.17) is 16.3 Å². The Morgan fingerprint density at radius 1 is 1.13 bits per heavy atom.